The largest absolute Gasteiger partial charge is 0.507 e. The summed E-state index contributed by atoms with van der Waals surface area (Å²) in [6.07, 6.45) is 0.585. The highest BCUT2D eigenvalue weighted by molar-refractivity contribution is 6.46. The van der Waals surface area contributed by atoms with Crippen LogP contribution in [0.15, 0.2) is 48.0 Å². The molecule has 6 nitrogen and oxygen atoms in total. The van der Waals surface area contributed by atoms with Crippen molar-refractivity contribution in [2.75, 3.05) is 27.4 Å². The van der Waals surface area contributed by atoms with Gasteiger partial charge in [-0.1, -0.05) is 45.0 Å². The van der Waals surface area contributed by atoms with Crippen molar-refractivity contribution in [3.8, 4) is 5.75 Å². The quantitative estimate of drug-likeness (QED) is 0.284. The first-order valence-electron chi connectivity index (χ1n) is 11.1. The van der Waals surface area contributed by atoms with E-state index in [0.717, 1.165) is 16.7 Å². The second kappa shape index (κ2) is 9.79. The van der Waals surface area contributed by atoms with Crippen LogP contribution in [0.1, 0.15) is 55.5 Å². The number of methoxy groups -OCH3 is 2. The van der Waals surface area contributed by atoms with Gasteiger partial charge >= 0.3 is 0 Å². The van der Waals surface area contributed by atoms with Gasteiger partial charge in [0, 0.05) is 25.8 Å². The van der Waals surface area contributed by atoms with E-state index in [1.54, 1.807) is 32.4 Å². The third kappa shape index (κ3) is 4.96. The molecular formula is C27H33NO5. The summed E-state index contributed by atoms with van der Waals surface area (Å²) in [5, 5.41) is 11.2. The fraction of sp³-hybridized carbons (Fsp3) is 0.407. The van der Waals surface area contributed by atoms with Crippen LogP contribution in [0.25, 0.3) is 5.76 Å². The highest BCUT2D eigenvalue weighted by atomic mass is 16.5. The van der Waals surface area contributed by atoms with Crippen molar-refractivity contribution in [3.63, 3.8) is 0 Å². The van der Waals surface area contributed by atoms with Gasteiger partial charge < -0.3 is 19.5 Å². The van der Waals surface area contributed by atoms with Gasteiger partial charge in [0.2, 0.25) is 0 Å². The van der Waals surface area contributed by atoms with Gasteiger partial charge in [-0.2, -0.15) is 0 Å². The maximum Gasteiger partial charge on any atom is 0.295 e. The number of hydrogen-bond donors (Lipinski definition) is 1. The lowest BCUT2D eigenvalue weighted by molar-refractivity contribution is -0.140. The molecule has 1 amide bonds. The molecule has 2 aromatic rings. The summed E-state index contributed by atoms with van der Waals surface area (Å²) < 4.78 is 10.4. The van der Waals surface area contributed by atoms with Crippen LogP contribution in [0.3, 0.4) is 0 Å². The van der Waals surface area contributed by atoms with Crippen LogP contribution < -0.4 is 4.74 Å². The number of rotatable bonds is 7. The molecule has 33 heavy (non-hydrogen) atoms. The minimum atomic E-state index is -0.678. The molecule has 3 rings (SSSR count). The molecule has 1 saturated heterocycles. The summed E-state index contributed by atoms with van der Waals surface area (Å²) in [5.41, 5.74) is 3.30. The van der Waals surface area contributed by atoms with Gasteiger partial charge in [0.1, 0.15) is 11.5 Å². The van der Waals surface area contributed by atoms with Crippen molar-refractivity contribution in [2.24, 2.45) is 0 Å². The lowest BCUT2D eigenvalue weighted by Crippen LogP contribution is -2.31. The van der Waals surface area contributed by atoms with Crippen LogP contribution in [-0.2, 0) is 19.7 Å². The molecule has 0 aromatic heterocycles. The Kier molecular flexibility index (Phi) is 7.28. The normalized spacial score (nSPS) is 18.1. The number of Topliss-reactive ketones (excluding diaryl/α,β-unsaturated/α-hetero) is 1. The Hall–Kier alpha value is -3.12. The molecule has 0 spiro atoms. The number of benzene rings is 2. The zero-order chi connectivity index (χ0) is 24.3. The maximum absolute atomic E-state index is 13.1. The number of aliphatic hydroxyl groups is 1. The number of hydrogen-bond acceptors (Lipinski definition) is 5. The molecule has 6 heteroatoms. The molecule has 0 saturated carbocycles. The average molecular weight is 452 g/mol. The van der Waals surface area contributed by atoms with Crippen molar-refractivity contribution < 1.29 is 24.2 Å². The number of nitrogens with zero attached hydrogens (tertiary/aromatic N) is 1. The van der Waals surface area contributed by atoms with Crippen molar-refractivity contribution in [2.45, 2.75) is 45.6 Å². The summed E-state index contributed by atoms with van der Waals surface area (Å²) in [6.45, 7) is 9.07. The fourth-order valence-electron chi connectivity index (χ4n) is 4.18. The van der Waals surface area contributed by atoms with E-state index in [0.29, 0.717) is 30.9 Å². The fourth-order valence-corrected chi connectivity index (χ4v) is 4.18. The van der Waals surface area contributed by atoms with Crippen LogP contribution in [0.4, 0.5) is 0 Å². The maximum atomic E-state index is 13.1. The topological polar surface area (TPSA) is 76.1 Å². The molecule has 176 valence electrons. The van der Waals surface area contributed by atoms with E-state index < -0.39 is 17.7 Å². The zero-order valence-corrected chi connectivity index (χ0v) is 20.3. The molecule has 1 aliphatic heterocycles. The van der Waals surface area contributed by atoms with E-state index in [-0.39, 0.29) is 16.7 Å². The first-order valence-corrected chi connectivity index (χ1v) is 11.1. The summed E-state index contributed by atoms with van der Waals surface area (Å²) in [4.78, 5) is 27.6. The molecule has 2 aromatic carbocycles. The molecular weight excluding hydrogens is 418 g/mol. The molecule has 1 heterocycles. The van der Waals surface area contributed by atoms with Crippen LogP contribution in [-0.4, -0.2) is 49.1 Å². The predicted octanol–water partition coefficient (Wildman–Crippen LogP) is 4.76. The third-order valence-electron chi connectivity index (χ3n) is 6.05. The van der Waals surface area contributed by atoms with Crippen LogP contribution in [0, 0.1) is 6.92 Å². The Balaban J connectivity index is 2.13. The predicted molar refractivity (Wildman–Crippen MR) is 128 cm³/mol. The summed E-state index contributed by atoms with van der Waals surface area (Å²) in [5.74, 6) is -0.787. The number of ether oxygens (including phenoxy) is 2. The molecule has 0 radical (unpaired) electrons. The molecule has 1 atom stereocenters. The van der Waals surface area contributed by atoms with Crippen molar-refractivity contribution in [3.05, 3.63) is 70.3 Å². The lowest BCUT2D eigenvalue weighted by Gasteiger charge is -2.26. The Labute approximate surface area is 195 Å². The number of carbonyl (C=O) groups excluding carboxylic acids is 2. The minimum absolute atomic E-state index is 0.0283. The third-order valence-corrected chi connectivity index (χ3v) is 6.05. The van der Waals surface area contributed by atoms with Crippen molar-refractivity contribution in [1.82, 2.24) is 4.90 Å². The minimum Gasteiger partial charge on any atom is -0.507 e. The Morgan fingerprint density at radius 3 is 2.27 bits per heavy atom. The van der Waals surface area contributed by atoms with Gasteiger partial charge in [-0.25, -0.2) is 0 Å². The van der Waals surface area contributed by atoms with Crippen LogP contribution in [0.2, 0.25) is 0 Å². The molecule has 1 aliphatic rings. The van der Waals surface area contributed by atoms with Gasteiger partial charge in [-0.3, -0.25) is 9.59 Å². The number of amides is 1. The Bertz CT molecular complexity index is 1060. The number of aliphatic hydroxyl groups excluding tert-OH is 1. The van der Waals surface area contributed by atoms with E-state index in [2.05, 4.69) is 20.8 Å². The highest BCUT2D eigenvalue weighted by Crippen LogP contribution is 2.40. The average Bonchev–Trinajstić information content (AvgIpc) is 3.03. The second-order valence-corrected chi connectivity index (χ2v) is 9.40. The highest BCUT2D eigenvalue weighted by Gasteiger charge is 2.45. The SMILES string of the molecule is COCCCN1C(=O)C(=O)/C(=C(/O)c2ccc(OC)c(C)c2)[C@@H]1c1ccc(C(C)(C)C)cc1. The number of aryl methyl sites for hydroxylation is 1. The van der Waals surface area contributed by atoms with Crippen molar-refractivity contribution in [1.29, 1.82) is 0 Å². The van der Waals surface area contributed by atoms with Gasteiger partial charge in [-0.05, 0) is 53.6 Å². The van der Waals surface area contributed by atoms with Crippen LogP contribution >= 0.6 is 0 Å². The standard InChI is InChI=1S/C27H33NO5/c1-17-16-19(10-13-21(17)33-6)24(29)22-23(18-8-11-20(12-9-18)27(2,3)4)28(14-7-15-32-5)26(31)25(22)30/h8-13,16,23,29H,7,14-15H2,1-6H3/b24-22+/t23-/m0/s1. The Morgan fingerprint density at radius 2 is 1.73 bits per heavy atom. The number of likely N-dealkylation sites (tertiary alicyclic amines) is 1. The second-order valence-electron chi connectivity index (χ2n) is 9.40. The first-order chi connectivity index (χ1) is 15.6. The molecule has 1 fully saturated rings. The van der Waals surface area contributed by atoms with Gasteiger partial charge in [0.15, 0.2) is 0 Å². The van der Waals surface area contributed by atoms with E-state index in [4.69, 9.17) is 9.47 Å². The van der Waals surface area contributed by atoms with E-state index >= 15 is 0 Å². The van der Waals surface area contributed by atoms with Gasteiger partial charge in [-0.15, -0.1) is 0 Å². The Morgan fingerprint density at radius 1 is 1.06 bits per heavy atom. The summed E-state index contributed by atoms with van der Waals surface area (Å²) in [7, 11) is 3.18. The van der Waals surface area contributed by atoms with E-state index in [1.165, 1.54) is 4.90 Å². The van der Waals surface area contributed by atoms with E-state index in [1.807, 2.05) is 31.2 Å². The number of carbonyl (C=O) groups is 2. The summed E-state index contributed by atoms with van der Waals surface area (Å²) >= 11 is 0. The first kappa shape index (κ1) is 24.5. The van der Waals surface area contributed by atoms with Crippen LogP contribution in [0.5, 0.6) is 5.75 Å². The van der Waals surface area contributed by atoms with Gasteiger partial charge in [0.05, 0.1) is 18.7 Å². The van der Waals surface area contributed by atoms with E-state index in [9.17, 15) is 14.7 Å². The molecule has 0 unspecified atom stereocenters. The molecule has 1 N–H and O–H groups in total. The number of ketones is 1. The zero-order valence-electron chi connectivity index (χ0n) is 20.3. The van der Waals surface area contributed by atoms with Crippen molar-refractivity contribution >= 4 is 17.4 Å². The molecule has 0 bridgehead atoms. The van der Waals surface area contributed by atoms with Gasteiger partial charge in [0.25, 0.3) is 11.7 Å². The monoisotopic (exact) mass is 451 g/mol. The smallest absolute Gasteiger partial charge is 0.295 e. The summed E-state index contributed by atoms with van der Waals surface area (Å²) in [6, 6.07) is 12.4. The lowest BCUT2D eigenvalue weighted by atomic mass is 9.85. The molecule has 0 aliphatic carbocycles.